The predicted molar refractivity (Wildman–Crippen MR) is 124 cm³/mol. The van der Waals surface area contributed by atoms with E-state index >= 15 is 0 Å². The monoisotopic (exact) mass is 500 g/mol. The molecule has 1 aliphatic heterocycles. The lowest BCUT2D eigenvalue weighted by atomic mass is 9.98. The summed E-state index contributed by atoms with van der Waals surface area (Å²) in [5, 5.41) is 0. The first kappa shape index (κ1) is 26.7. The summed E-state index contributed by atoms with van der Waals surface area (Å²) in [5.41, 5.74) is 1.96. The molecule has 1 fully saturated rings. The van der Waals surface area contributed by atoms with Gasteiger partial charge in [-0.25, -0.2) is 0 Å². The first-order valence-corrected chi connectivity index (χ1v) is 11.3. The SMILES string of the molecule is CC(=O)OCC1OC(Oc2ccc(-c3ccccc3)cc2)C(OC(C)=O)C(OC(C)=O)C1OC(C)=O. The number of hydrogen-bond acceptors (Lipinski definition) is 10. The first-order valence-electron chi connectivity index (χ1n) is 11.3. The van der Waals surface area contributed by atoms with E-state index < -0.39 is 54.6 Å². The molecule has 10 heteroatoms. The number of hydrogen-bond donors (Lipinski definition) is 0. The molecule has 192 valence electrons. The molecule has 5 unspecified atom stereocenters. The summed E-state index contributed by atoms with van der Waals surface area (Å²) in [4.78, 5) is 47.1. The molecular formula is C26H28O10. The standard InChI is InChI=1S/C26H28O10/c1-15(27)31-14-22-23(32-16(2)28)24(33-17(3)29)25(34-18(4)30)26(36-22)35-21-12-10-20(11-13-21)19-8-6-5-7-9-19/h5-13,22-26H,14H2,1-4H3. The zero-order valence-electron chi connectivity index (χ0n) is 20.4. The van der Waals surface area contributed by atoms with Gasteiger partial charge < -0.3 is 28.4 Å². The van der Waals surface area contributed by atoms with Crippen molar-refractivity contribution in [2.75, 3.05) is 6.61 Å². The van der Waals surface area contributed by atoms with Gasteiger partial charge in [-0.3, -0.25) is 19.2 Å². The van der Waals surface area contributed by atoms with E-state index in [9.17, 15) is 19.2 Å². The molecule has 0 radical (unpaired) electrons. The van der Waals surface area contributed by atoms with Crippen LogP contribution < -0.4 is 4.74 Å². The molecule has 0 amide bonds. The second-order valence-corrected chi connectivity index (χ2v) is 8.08. The lowest BCUT2D eigenvalue weighted by Gasteiger charge is -2.43. The fraction of sp³-hybridized carbons (Fsp3) is 0.385. The number of rotatable bonds is 8. The van der Waals surface area contributed by atoms with Gasteiger partial charge in [0.25, 0.3) is 0 Å². The Hall–Kier alpha value is -3.92. The highest BCUT2D eigenvalue weighted by atomic mass is 16.7. The second-order valence-electron chi connectivity index (χ2n) is 8.08. The van der Waals surface area contributed by atoms with Gasteiger partial charge in [-0.2, -0.15) is 0 Å². The van der Waals surface area contributed by atoms with Crippen molar-refractivity contribution in [2.24, 2.45) is 0 Å². The number of benzene rings is 2. The van der Waals surface area contributed by atoms with E-state index in [1.807, 2.05) is 42.5 Å². The Morgan fingerprint density at radius 3 is 1.75 bits per heavy atom. The Balaban J connectivity index is 1.92. The van der Waals surface area contributed by atoms with Gasteiger partial charge in [0, 0.05) is 27.7 Å². The third kappa shape index (κ3) is 7.29. The van der Waals surface area contributed by atoms with Crippen LogP contribution >= 0.6 is 0 Å². The molecule has 10 nitrogen and oxygen atoms in total. The number of esters is 4. The molecule has 0 saturated carbocycles. The Bertz CT molecular complexity index is 1070. The summed E-state index contributed by atoms with van der Waals surface area (Å²) >= 11 is 0. The Morgan fingerprint density at radius 1 is 0.667 bits per heavy atom. The molecule has 2 aromatic rings. The van der Waals surface area contributed by atoms with Crippen LogP contribution in [0.4, 0.5) is 0 Å². The van der Waals surface area contributed by atoms with Gasteiger partial charge >= 0.3 is 23.9 Å². The molecule has 0 aromatic heterocycles. The van der Waals surface area contributed by atoms with E-state index in [0.29, 0.717) is 5.75 Å². The summed E-state index contributed by atoms with van der Waals surface area (Å²) in [6, 6.07) is 16.8. The van der Waals surface area contributed by atoms with Crippen molar-refractivity contribution in [3.8, 4) is 16.9 Å². The van der Waals surface area contributed by atoms with Crippen LogP contribution in [0.1, 0.15) is 27.7 Å². The highest BCUT2D eigenvalue weighted by Crippen LogP contribution is 2.31. The maximum absolute atomic E-state index is 11.9. The van der Waals surface area contributed by atoms with E-state index in [-0.39, 0.29) is 6.61 Å². The number of ether oxygens (including phenoxy) is 6. The van der Waals surface area contributed by atoms with E-state index in [1.54, 1.807) is 12.1 Å². The lowest BCUT2D eigenvalue weighted by Crippen LogP contribution is -2.63. The minimum absolute atomic E-state index is 0.329. The van der Waals surface area contributed by atoms with Gasteiger partial charge in [0.15, 0.2) is 12.2 Å². The number of carbonyl (C=O) groups excluding carboxylic acids is 4. The molecule has 5 atom stereocenters. The Labute approximate surface area is 208 Å². The van der Waals surface area contributed by atoms with E-state index in [0.717, 1.165) is 25.0 Å². The predicted octanol–water partition coefficient (Wildman–Crippen LogP) is 2.82. The molecule has 36 heavy (non-hydrogen) atoms. The average Bonchev–Trinajstić information content (AvgIpc) is 2.82. The van der Waals surface area contributed by atoms with Gasteiger partial charge in [-0.1, -0.05) is 42.5 Å². The van der Waals surface area contributed by atoms with Crippen LogP contribution in [-0.2, 0) is 42.9 Å². The quantitative estimate of drug-likeness (QED) is 0.395. The minimum Gasteiger partial charge on any atom is -0.463 e. The minimum atomic E-state index is -1.29. The molecule has 1 aliphatic rings. The maximum atomic E-state index is 11.9. The van der Waals surface area contributed by atoms with Crippen molar-refractivity contribution in [2.45, 2.75) is 58.4 Å². The summed E-state index contributed by atoms with van der Waals surface area (Å²) in [6.45, 7) is 4.36. The van der Waals surface area contributed by atoms with Gasteiger partial charge in [0.1, 0.15) is 18.5 Å². The molecule has 1 heterocycles. The van der Waals surface area contributed by atoms with Crippen LogP contribution in [0.3, 0.4) is 0 Å². The van der Waals surface area contributed by atoms with Crippen molar-refractivity contribution < 1.29 is 47.6 Å². The molecule has 3 rings (SSSR count). The molecule has 0 bridgehead atoms. The highest BCUT2D eigenvalue weighted by molar-refractivity contribution is 5.69. The second kappa shape index (κ2) is 12.2. The molecule has 1 saturated heterocycles. The van der Waals surface area contributed by atoms with E-state index in [4.69, 9.17) is 28.4 Å². The summed E-state index contributed by atoms with van der Waals surface area (Å²) in [7, 11) is 0. The third-order valence-electron chi connectivity index (χ3n) is 5.16. The molecule has 0 spiro atoms. The van der Waals surface area contributed by atoms with Gasteiger partial charge in [-0.15, -0.1) is 0 Å². The summed E-state index contributed by atoms with van der Waals surface area (Å²) in [5.74, 6) is -2.34. The smallest absolute Gasteiger partial charge is 0.303 e. The van der Waals surface area contributed by atoms with Crippen molar-refractivity contribution in [1.82, 2.24) is 0 Å². The van der Waals surface area contributed by atoms with E-state index in [1.165, 1.54) is 13.8 Å². The van der Waals surface area contributed by atoms with Crippen LogP contribution in [0.25, 0.3) is 11.1 Å². The van der Waals surface area contributed by atoms with Crippen molar-refractivity contribution >= 4 is 23.9 Å². The fourth-order valence-corrected chi connectivity index (χ4v) is 3.77. The van der Waals surface area contributed by atoms with Crippen molar-refractivity contribution in [1.29, 1.82) is 0 Å². The lowest BCUT2D eigenvalue weighted by molar-refractivity contribution is -0.288. The summed E-state index contributed by atoms with van der Waals surface area (Å²) < 4.78 is 33.2. The van der Waals surface area contributed by atoms with Crippen molar-refractivity contribution in [3.05, 3.63) is 54.6 Å². The molecule has 0 aliphatic carbocycles. The van der Waals surface area contributed by atoms with Gasteiger partial charge in [0.05, 0.1) is 0 Å². The van der Waals surface area contributed by atoms with Crippen LogP contribution in [0.5, 0.6) is 5.75 Å². The highest BCUT2D eigenvalue weighted by Gasteiger charge is 2.53. The fourth-order valence-electron chi connectivity index (χ4n) is 3.77. The molecule has 0 N–H and O–H groups in total. The molecule has 2 aromatic carbocycles. The maximum Gasteiger partial charge on any atom is 0.303 e. The zero-order valence-corrected chi connectivity index (χ0v) is 20.4. The van der Waals surface area contributed by atoms with Gasteiger partial charge in [0.2, 0.25) is 12.4 Å². The normalized spacial score (nSPS) is 23.2. The van der Waals surface area contributed by atoms with Crippen LogP contribution in [-0.4, -0.2) is 61.2 Å². The Morgan fingerprint density at radius 2 is 1.19 bits per heavy atom. The zero-order chi connectivity index (χ0) is 26.2. The van der Waals surface area contributed by atoms with E-state index in [2.05, 4.69) is 0 Å². The summed E-state index contributed by atoms with van der Waals surface area (Å²) in [6.07, 6.45) is -6.19. The largest absolute Gasteiger partial charge is 0.463 e. The topological polar surface area (TPSA) is 124 Å². The number of carbonyl (C=O) groups is 4. The van der Waals surface area contributed by atoms with Crippen LogP contribution in [0.2, 0.25) is 0 Å². The molecular weight excluding hydrogens is 472 g/mol. The Kier molecular flexibility index (Phi) is 9.02. The van der Waals surface area contributed by atoms with Crippen LogP contribution in [0, 0.1) is 0 Å². The van der Waals surface area contributed by atoms with Crippen LogP contribution in [0.15, 0.2) is 54.6 Å². The first-order chi connectivity index (χ1) is 17.1. The average molecular weight is 501 g/mol. The van der Waals surface area contributed by atoms with Crippen molar-refractivity contribution in [3.63, 3.8) is 0 Å². The van der Waals surface area contributed by atoms with Gasteiger partial charge in [-0.05, 0) is 23.3 Å². The third-order valence-corrected chi connectivity index (χ3v) is 5.16.